The average Bonchev–Trinajstić information content (AvgIpc) is 3.28. The van der Waals surface area contributed by atoms with Gasteiger partial charge in [0.05, 0.1) is 23.4 Å². The van der Waals surface area contributed by atoms with E-state index in [9.17, 15) is 9.59 Å². The summed E-state index contributed by atoms with van der Waals surface area (Å²) in [4.78, 5) is 42.4. The van der Waals surface area contributed by atoms with Crippen LogP contribution in [-0.4, -0.2) is 19.9 Å². The summed E-state index contributed by atoms with van der Waals surface area (Å²) in [6, 6.07) is 0. The molecule has 0 radical (unpaired) electrons. The van der Waals surface area contributed by atoms with Crippen LogP contribution in [0.4, 0.5) is 0 Å². The minimum atomic E-state index is 0.0115. The number of aromatic amines is 2. The zero-order valence-corrected chi connectivity index (χ0v) is 22.3. The lowest BCUT2D eigenvalue weighted by atomic mass is 9.72. The highest BCUT2D eigenvalue weighted by Gasteiger charge is 2.35. The molecule has 0 aliphatic heterocycles. The fourth-order valence-corrected chi connectivity index (χ4v) is 8.68. The van der Waals surface area contributed by atoms with Crippen molar-refractivity contribution in [2.75, 3.05) is 0 Å². The minimum Gasteiger partial charge on any atom is -0.313 e. The quantitative estimate of drug-likeness (QED) is 0.317. The fourth-order valence-electron chi connectivity index (χ4n) is 6.19. The van der Waals surface area contributed by atoms with Crippen LogP contribution >= 0.6 is 22.7 Å². The zero-order valence-electron chi connectivity index (χ0n) is 20.7. The summed E-state index contributed by atoms with van der Waals surface area (Å²) in [5.41, 5.74) is 2.95. The van der Waals surface area contributed by atoms with Gasteiger partial charge < -0.3 is 9.97 Å². The molecule has 4 heterocycles. The van der Waals surface area contributed by atoms with Crippen molar-refractivity contribution in [2.45, 2.75) is 78.6 Å². The van der Waals surface area contributed by atoms with Crippen LogP contribution in [0.3, 0.4) is 0 Å². The molecule has 2 N–H and O–H groups in total. The first-order valence-corrected chi connectivity index (χ1v) is 13.6. The first-order valence-electron chi connectivity index (χ1n) is 12.0. The molecule has 8 heteroatoms. The van der Waals surface area contributed by atoms with Gasteiger partial charge in [-0.3, -0.25) is 9.59 Å². The van der Waals surface area contributed by atoms with E-state index in [1.54, 1.807) is 22.7 Å². The van der Waals surface area contributed by atoms with E-state index in [1.807, 2.05) is 0 Å². The van der Waals surface area contributed by atoms with Gasteiger partial charge in [0, 0.05) is 9.75 Å². The van der Waals surface area contributed by atoms with Crippen LogP contribution in [0.5, 0.6) is 0 Å². The molecule has 2 aliphatic carbocycles. The summed E-state index contributed by atoms with van der Waals surface area (Å²) in [5, 5.41) is 1.65. The molecule has 6 nitrogen and oxygen atoms in total. The molecule has 0 aromatic carbocycles. The van der Waals surface area contributed by atoms with Gasteiger partial charge in [0.15, 0.2) is 0 Å². The SMILES string of the molecule is CC1CC(C)(C)Cc2c1sc1nc[nH]c(=O)c21.CC1Cc2c(sc3nc[nH]c(=O)c23)C(C)(C)C1. The topological polar surface area (TPSA) is 91.5 Å². The number of rotatable bonds is 0. The largest absolute Gasteiger partial charge is 0.313 e. The third kappa shape index (κ3) is 3.94. The maximum atomic E-state index is 11.9. The van der Waals surface area contributed by atoms with Crippen molar-refractivity contribution in [3.05, 3.63) is 54.2 Å². The highest BCUT2D eigenvalue weighted by molar-refractivity contribution is 7.19. The average molecular weight is 497 g/mol. The maximum Gasteiger partial charge on any atom is 0.259 e. The third-order valence-corrected chi connectivity index (χ3v) is 10.1. The molecular weight excluding hydrogens is 464 g/mol. The van der Waals surface area contributed by atoms with Crippen molar-refractivity contribution in [1.82, 2.24) is 19.9 Å². The van der Waals surface area contributed by atoms with Crippen LogP contribution in [-0.2, 0) is 18.3 Å². The Morgan fingerprint density at radius 3 is 2.12 bits per heavy atom. The predicted molar refractivity (Wildman–Crippen MR) is 142 cm³/mol. The summed E-state index contributed by atoms with van der Waals surface area (Å²) in [5.74, 6) is 1.17. The van der Waals surface area contributed by atoms with Gasteiger partial charge in [-0.2, -0.15) is 0 Å². The van der Waals surface area contributed by atoms with Gasteiger partial charge in [0.1, 0.15) is 9.66 Å². The van der Waals surface area contributed by atoms with E-state index >= 15 is 0 Å². The Bertz CT molecular complexity index is 1500. The number of nitrogens with zero attached hydrogens (tertiary/aromatic N) is 2. The smallest absolute Gasteiger partial charge is 0.259 e. The Balaban J connectivity index is 0.000000142. The summed E-state index contributed by atoms with van der Waals surface area (Å²) < 4.78 is 0. The monoisotopic (exact) mass is 496 g/mol. The maximum absolute atomic E-state index is 11.9. The second kappa shape index (κ2) is 8.12. The van der Waals surface area contributed by atoms with Crippen molar-refractivity contribution in [1.29, 1.82) is 0 Å². The van der Waals surface area contributed by atoms with Crippen molar-refractivity contribution < 1.29 is 0 Å². The van der Waals surface area contributed by atoms with Crippen molar-refractivity contribution in [3.63, 3.8) is 0 Å². The highest BCUT2D eigenvalue weighted by Crippen LogP contribution is 2.47. The molecule has 0 saturated heterocycles. The molecule has 2 unspecified atom stereocenters. The van der Waals surface area contributed by atoms with Gasteiger partial charge in [-0.25, -0.2) is 9.97 Å². The lowest BCUT2D eigenvalue weighted by molar-refractivity contribution is 0.292. The molecule has 0 amide bonds. The van der Waals surface area contributed by atoms with Crippen LogP contribution in [0.2, 0.25) is 0 Å². The molecule has 4 aromatic rings. The molecule has 2 atom stereocenters. The normalized spacial score (nSPS) is 22.6. The van der Waals surface area contributed by atoms with Crippen LogP contribution < -0.4 is 11.1 Å². The molecule has 180 valence electrons. The van der Waals surface area contributed by atoms with E-state index in [-0.39, 0.29) is 21.9 Å². The molecule has 0 spiro atoms. The Morgan fingerprint density at radius 1 is 0.882 bits per heavy atom. The van der Waals surface area contributed by atoms with E-state index in [0.717, 1.165) is 33.3 Å². The number of hydrogen-bond acceptors (Lipinski definition) is 6. The number of H-pyrrole nitrogens is 2. The zero-order chi connectivity index (χ0) is 24.4. The molecule has 0 bridgehead atoms. The standard InChI is InChI=1S/2C13H16N2OS/c1-7-4-13(2,3)5-8-9-11(16)14-6-15-12(9)17-10(7)8;1-7-4-8-9-11(16)14-6-15-12(9)17-10(8)13(2,3)5-7/h2*6-7H,4-5H2,1-3H3,(H,14,15,16). The van der Waals surface area contributed by atoms with Gasteiger partial charge in [-0.05, 0) is 59.5 Å². The predicted octanol–water partition coefficient (Wildman–Crippen LogP) is 5.91. The summed E-state index contributed by atoms with van der Waals surface area (Å²) in [6.07, 6.45) is 7.37. The molecule has 34 heavy (non-hydrogen) atoms. The molecule has 2 aliphatic rings. The molecular formula is C26H32N4O2S2. The van der Waals surface area contributed by atoms with Crippen molar-refractivity contribution in [2.24, 2.45) is 11.3 Å². The van der Waals surface area contributed by atoms with Gasteiger partial charge >= 0.3 is 0 Å². The molecule has 4 aromatic heterocycles. The van der Waals surface area contributed by atoms with Crippen LogP contribution in [0.25, 0.3) is 20.4 Å². The summed E-state index contributed by atoms with van der Waals surface area (Å²) in [7, 11) is 0. The van der Waals surface area contributed by atoms with Crippen LogP contribution in [0.15, 0.2) is 22.2 Å². The van der Waals surface area contributed by atoms with Gasteiger partial charge in [0.2, 0.25) is 0 Å². The Hall–Kier alpha value is -2.32. The second-order valence-electron chi connectivity index (χ2n) is 11.5. The Kier molecular flexibility index (Phi) is 5.60. The lowest BCUT2D eigenvalue weighted by Gasteiger charge is -2.33. The number of fused-ring (bicyclic) bond motifs is 6. The fraction of sp³-hybridized carbons (Fsp3) is 0.538. The Labute approximate surface area is 206 Å². The number of nitrogens with one attached hydrogen (secondary N) is 2. The molecule has 6 rings (SSSR count). The van der Waals surface area contributed by atoms with Crippen LogP contribution in [0, 0.1) is 11.3 Å². The van der Waals surface area contributed by atoms with E-state index in [2.05, 4.69) is 61.5 Å². The number of hydrogen-bond donors (Lipinski definition) is 2. The second-order valence-corrected chi connectivity index (χ2v) is 13.6. The first-order chi connectivity index (χ1) is 16.0. The molecule has 0 fully saturated rings. The van der Waals surface area contributed by atoms with Gasteiger partial charge in [-0.1, -0.05) is 41.5 Å². The van der Waals surface area contributed by atoms with Crippen molar-refractivity contribution in [3.8, 4) is 0 Å². The minimum absolute atomic E-state index is 0.0115. The number of aromatic nitrogens is 4. The molecule has 0 saturated carbocycles. The summed E-state index contributed by atoms with van der Waals surface area (Å²) in [6.45, 7) is 13.6. The lowest BCUT2D eigenvalue weighted by Crippen LogP contribution is -2.27. The van der Waals surface area contributed by atoms with E-state index in [4.69, 9.17) is 0 Å². The van der Waals surface area contributed by atoms with Gasteiger partial charge in [0.25, 0.3) is 11.1 Å². The Morgan fingerprint density at radius 2 is 1.47 bits per heavy atom. The first kappa shape index (κ1) is 23.4. The van der Waals surface area contributed by atoms with Gasteiger partial charge in [-0.15, -0.1) is 22.7 Å². The van der Waals surface area contributed by atoms with E-state index < -0.39 is 0 Å². The van der Waals surface area contributed by atoms with Crippen LogP contribution in [0.1, 0.15) is 81.2 Å². The third-order valence-electron chi connectivity index (χ3n) is 7.20. The van der Waals surface area contributed by atoms with E-state index in [1.165, 1.54) is 46.4 Å². The summed E-state index contributed by atoms with van der Waals surface area (Å²) >= 11 is 3.38. The number of thiophene rings is 2. The van der Waals surface area contributed by atoms with E-state index in [0.29, 0.717) is 11.8 Å². The highest BCUT2D eigenvalue weighted by atomic mass is 32.1. The van der Waals surface area contributed by atoms with Crippen molar-refractivity contribution >= 4 is 43.1 Å².